The minimum Gasteiger partial charge on any atom is -0.341 e. The van der Waals surface area contributed by atoms with Crippen molar-refractivity contribution >= 4 is 29.3 Å². The summed E-state index contributed by atoms with van der Waals surface area (Å²) in [5.74, 6) is 1.87. The zero-order valence-corrected chi connectivity index (χ0v) is 13.0. The number of rotatable bonds is 4. The van der Waals surface area contributed by atoms with Crippen molar-refractivity contribution in [2.75, 3.05) is 23.7 Å². The highest BCUT2D eigenvalue weighted by Gasteiger charge is 2.23. The van der Waals surface area contributed by atoms with Gasteiger partial charge in [0.2, 0.25) is 5.95 Å². The van der Waals surface area contributed by atoms with Crippen molar-refractivity contribution in [3.63, 3.8) is 0 Å². The number of thioether (sulfide) groups is 1. The summed E-state index contributed by atoms with van der Waals surface area (Å²) in [5, 5.41) is 10.4. The number of aromatic nitrogens is 3. The molecule has 0 spiro atoms. The average Bonchev–Trinajstić information content (AvgIpc) is 3.09. The Morgan fingerprint density at radius 1 is 1.20 bits per heavy atom. The summed E-state index contributed by atoms with van der Waals surface area (Å²) in [7, 11) is 0. The molecule has 1 aliphatic rings. The van der Waals surface area contributed by atoms with E-state index < -0.39 is 0 Å². The summed E-state index contributed by atoms with van der Waals surface area (Å²) in [5.41, 5.74) is 0.956. The van der Waals surface area contributed by atoms with E-state index in [0.29, 0.717) is 0 Å². The van der Waals surface area contributed by atoms with E-state index in [4.69, 9.17) is 11.6 Å². The Morgan fingerprint density at radius 2 is 1.95 bits per heavy atom. The SMILES string of the molecule is CCSc1nnc(N2CCCC2)n1-c1ccccc1Cl. The highest BCUT2D eigenvalue weighted by Crippen LogP contribution is 2.31. The number of anilines is 1. The molecule has 3 rings (SSSR count). The molecule has 0 bridgehead atoms. The van der Waals surface area contributed by atoms with Crippen LogP contribution < -0.4 is 4.90 Å². The Morgan fingerprint density at radius 3 is 2.65 bits per heavy atom. The number of halogens is 1. The van der Waals surface area contributed by atoms with Gasteiger partial charge in [-0.05, 0) is 30.7 Å². The molecule has 1 aromatic carbocycles. The number of benzene rings is 1. The first kappa shape index (κ1) is 13.8. The van der Waals surface area contributed by atoms with Crippen molar-refractivity contribution in [3.8, 4) is 5.69 Å². The van der Waals surface area contributed by atoms with Gasteiger partial charge >= 0.3 is 0 Å². The first-order chi connectivity index (χ1) is 9.81. The summed E-state index contributed by atoms with van der Waals surface area (Å²) in [6.07, 6.45) is 2.43. The van der Waals surface area contributed by atoms with Gasteiger partial charge in [0.25, 0.3) is 0 Å². The smallest absolute Gasteiger partial charge is 0.232 e. The van der Waals surface area contributed by atoms with Crippen LogP contribution in [-0.2, 0) is 0 Å². The van der Waals surface area contributed by atoms with E-state index >= 15 is 0 Å². The maximum atomic E-state index is 6.36. The molecule has 1 fully saturated rings. The lowest BCUT2D eigenvalue weighted by molar-refractivity contribution is 0.842. The maximum Gasteiger partial charge on any atom is 0.232 e. The van der Waals surface area contributed by atoms with Crippen LogP contribution in [-0.4, -0.2) is 33.6 Å². The van der Waals surface area contributed by atoms with E-state index in [1.807, 2.05) is 24.3 Å². The van der Waals surface area contributed by atoms with Crippen molar-refractivity contribution < 1.29 is 0 Å². The van der Waals surface area contributed by atoms with Gasteiger partial charge in [0.1, 0.15) is 0 Å². The summed E-state index contributed by atoms with van der Waals surface area (Å²) < 4.78 is 2.09. The zero-order valence-electron chi connectivity index (χ0n) is 11.4. The highest BCUT2D eigenvalue weighted by molar-refractivity contribution is 7.99. The lowest BCUT2D eigenvalue weighted by Crippen LogP contribution is -2.22. The van der Waals surface area contributed by atoms with Crippen LogP contribution >= 0.6 is 23.4 Å². The largest absolute Gasteiger partial charge is 0.341 e. The van der Waals surface area contributed by atoms with E-state index in [-0.39, 0.29) is 0 Å². The first-order valence-corrected chi connectivity index (χ1v) is 8.25. The number of hydrogen-bond acceptors (Lipinski definition) is 4. The number of nitrogens with zero attached hydrogens (tertiary/aromatic N) is 4. The molecule has 0 N–H and O–H groups in total. The predicted octanol–water partition coefficient (Wildman–Crippen LogP) is 3.63. The molecular formula is C14H17ClN4S. The Labute approximate surface area is 128 Å². The summed E-state index contributed by atoms with van der Waals surface area (Å²) in [6, 6.07) is 7.86. The molecule has 2 heterocycles. The van der Waals surface area contributed by atoms with E-state index in [9.17, 15) is 0 Å². The van der Waals surface area contributed by atoms with Crippen LogP contribution in [0.4, 0.5) is 5.95 Å². The fraction of sp³-hybridized carbons (Fsp3) is 0.429. The molecule has 0 aliphatic carbocycles. The van der Waals surface area contributed by atoms with Gasteiger partial charge in [-0.25, -0.2) is 0 Å². The Bertz CT molecular complexity index is 593. The molecule has 0 saturated carbocycles. The van der Waals surface area contributed by atoms with Crippen molar-refractivity contribution in [2.24, 2.45) is 0 Å². The molecule has 1 aromatic heterocycles. The van der Waals surface area contributed by atoms with Crippen molar-refractivity contribution in [1.29, 1.82) is 0 Å². The fourth-order valence-electron chi connectivity index (χ4n) is 2.45. The normalized spacial score (nSPS) is 15.0. The summed E-state index contributed by atoms with van der Waals surface area (Å²) >= 11 is 8.05. The van der Waals surface area contributed by atoms with Crippen LogP contribution in [0.2, 0.25) is 5.02 Å². The van der Waals surface area contributed by atoms with Gasteiger partial charge in [-0.2, -0.15) is 0 Å². The Balaban J connectivity index is 2.10. The van der Waals surface area contributed by atoms with Gasteiger partial charge in [0.05, 0.1) is 10.7 Å². The van der Waals surface area contributed by atoms with Crippen LogP contribution in [0.5, 0.6) is 0 Å². The maximum absolute atomic E-state index is 6.36. The molecule has 1 saturated heterocycles. The second kappa shape index (κ2) is 6.06. The quantitative estimate of drug-likeness (QED) is 0.808. The van der Waals surface area contributed by atoms with E-state index in [0.717, 1.165) is 40.7 Å². The molecule has 4 nitrogen and oxygen atoms in total. The summed E-state index contributed by atoms with van der Waals surface area (Å²) in [6.45, 7) is 4.20. The molecule has 106 valence electrons. The van der Waals surface area contributed by atoms with Gasteiger partial charge in [-0.1, -0.05) is 42.4 Å². The van der Waals surface area contributed by atoms with Crippen molar-refractivity contribution in [1.82, 2.24) is 14.8 Å². The van der Waals surface area contributed by atoms with Crippen LogP contribution in [0, 0.1) is 0 Å². The number of hydrogen-bond donors (Lipinski definition) is 0. The first-order valence-electron chi connectivity index (χ1n) is 6.89. The average molecular weight is 309 g/mol. The molecule has 0 radical (unpaired) electrons. The molecule has 1 aliphatic heterocycles. The second-order valence-electron chi connectivity index (χ2n) is 4.70. The van der Waals surface area contributed by atoms with Gasteiger partial charge in [-0.15, -0.1) is 10.2 Å². The molecular weight excluding hydrogens is 292 g/mol. The molecule has 6 heteroatoms. The van der Waals surface area contributed by atoms with Crippen molar-refractivity contribution in [2.45, 2.75) is 24.9 Å². The van der Waals surface area contributed by atoms with Gasteiger partial charge in [0, 0.05) is 13.1 Å². The molecule has 0 atom stereocenters. The lowest BCUT2D eigenvalue weighted by Gasteiger charge is -2.18. The summed E-state index contributed by atoms with van der Waals surface area (Å²) in [4.78, 5) is 2.29. The van der Waals surface area contributed by atoms with E-state index in [1.54, 1.807) is 11.8 Å². The van der Waals surface area contributed by atoms with E-state index in [2.05, 4.69) is 26.6 Å². The third-order valence-electron chi connectivity index (χ3n) is 3.37. The van der Waals surface area contributed by atoms with Crippen LogP contribution in [0.1, 0.15) is 19.8 Å². The molecule has 20 heavy (non-hydrogen) atoms. The van der Waals surface area contributed by atoms with Crippen molar-refractivity contribution in [3.05, 3.63) is 29.3 Å². The molecule has 0 amide bonds. The minimum atomic E-state index is 0.728. The highest BCUT2D eigenvalue weighted by atomic mass is 35.5. The Kier molecular flexibility index (Phi) is 4.17. The van der Waals surface area contributed by atoms with Gasteiger partial charge < -0.3 is 4.90 Å². The fourth-order valence-corrected chi connectivity index (χ4v) is 3.34. The zero-order chi connectivity index (χ0) is 13.9. The molecule has 0 unspecified atom stereocenters. The van der Waals surface area contributed by atoms with Crippen LogP contribution in [0.25, 0.3) is 5.69 Å². The third kappa shape index (κ3) is 2.52. The minimum absolute atomic E-state index is 0.728. The van der Waals surface area contributed by atoms with E-state index in [1.165, 1.54) is 12.8 Å². The Hall–Kier alpha value is -1.20. The monoisotopic (exact) mass is 308 g/mol. The standard InChI is InChI=1S/C14H17ClN4S/c1-2-20-14-17-16-13(18-9-5-6-10-18)19(14)12-8-4-3-7-11(12)15/h3-4,7-8H,2,5-6,9-10H2,1H3. The van der Waals surface area contributed by atoms with Crippen LogP contribution in [0.15, 0.2) is 29.4 Å². The number of para-hydroxylation sites is 1. The molecule has 2 aromatic rings. The second-order valence-corrected chi connectivity index (χ2v) is 6.33. The van der Waals surface area contributed by atoms with Crippen LogP contribution in [0.3, 0.4) is 0 Å². The van der Waals surface area contributed by atoms with Gasteiger partial charge in [0.15, 0.2) is 5.16 Å². The van der Waals surface area contributed by atoms with Gasteiger partial charge in [-0.3, -0.25) is 4.57 Å². The lowest BCUT2D eigenvalue weighted by atomic mass is 10.3. The predicted molar refractivity (Wildman–Crippen MR) is 84.2 cm³/mol. The topological polar surface area (TPSA) is 34.0 Å². The third-order valence-corrected chi connectivity index (χ3v) is 4.50.